The predicted molar refractivity (Wildman–Crippen MR) is 141 cm³/mol. The number of halogens is 4. The van der Waals surface area contributed by atoms with E-state index in [4.69, 9.17) is 9.47 Å². The molecule has 4 rings (SSSR count). The Morgan fingerprint density at radius 2 is 1.85 bits per heavy atom. The average molecular weight is 578 g/mol. The number of aromatic nitrogens is 5. The summed E-state index contributed by atoms with van der Waals surface area (Å²) in [6, 6.07) is 7.06. The van der Waals surface area contributed by atoms with Crippen LogP contribution in [0, 0.1) is 6.92 Å². The summed E-state index contributed by atoms with van der Waals surface area (Å²) in [5, 5.41) is 11.6. The number of pyridine rings is 1. The van der Waals surface area contributed by atoms with Crippen LogP contribution in [0.15, 0.2) is 42.6 Å². The van der Waals surface area contributed by atoms with E-state index >= 15 is 0 Å². The van der Waals surface area contributed by atoms with Crippen LogP contribution in [0.4, 0.5) is 17.6 Å². The molecule has 0 spiro atoms. The van der Waals surface area contributed by atoms with E-state index < -0.39 is 18.4 Å². The lowest BCUT2D eigenvalue weighted by Crippen LogP contribution is -2.47. The molecular formula is C27H31F4N7O3. The van der Waals surface area contributed by atoms with Crippen molar-refractivity contribution in [3.05, 3.63) is 70.8 Å². The van der Waals surface area contributed by atoms with Gasteiger partial charge in [0.05, 0.1) is 37.2 Å². The number of aryl methyl sites for hydroxylation is 1. The Hall–Kier alpha value is -3.91. The molecule has 1 fully saturated rings. The van der Waals surface area contributed by atoms with Crippen molar-refractivity contribution in [1.29, 1.82) is 0 Å². The van der Waals surface area contributed by atoms with Gasteiger partial charge in [0.15, 0.2) is 5.82 Å². The molecule has 2 aromatic heterocycles. The number of rotatable bonds is 12. The van der Waals surface area contributed by atoms with E-state index in [-0.39, 0.29) is 19.1 Å². The Bertz CT molecular complexity index is 1310. The first-order valence-electron chi connectivity index (χ1n) is 13.1. The van der Waals surface area contributed by atoms with Crippen LogP contribution in [-0.2, 0) is 28.8 Å². The van der Waals surface area contributed by atoms with E-state index in [0.29, 0.717) is 68.6 Å². The summed E-state index contributed by atoms with van der Waals surface area (Å²) in [5.41, 5.74) is 0.851. The Morgan fingerprint density at radius 3 is 2.51 bits per heavy atom. The summed E-state index contributed by atoms with van der Waals surface area (Å²) in [7, 11) is 0. The van der Waals surface area contributed by atoms with Gasteiger partial charge >= 0.3 is 6.18 Å². The lowest BCUT2D eigenvalue weighted by molar-refractivity contribution is -0.137. The smallest absolute Gasteiger partial charge is 0.416 e. The van der Waals surface area contributed by atoms with Crippen molar-refractivity contribution >= 4 is 12.0 Å². The molecule has 3 heterocycles. The maximum Gasteiger partial charge on any atom is 0.416 e. The van der Waals surface area contributed by atoms with Gasteiger partial charge in [-0.2, -0.15) is 18.0 Å². The van der Waals surface area contributed by atoms with Crippen LogP contribution >= 0.6 is 0 Å². The summed E-state index contributed by atoms with van der Waals surface area (Å²) in [6.45, 7) is 4.67. The number of piperazine rings is 1. The Balaban J connectivity index is 1.29. The van der Waals surface area contributed by atoms with E-state index in [1.807, 2.05) is 12.1 Å². The number of tetrazole rings is 1. The molecule has 1 saturated heterocycles. The minimum Gasteiger partial charge on any atom is -0.490 e. The third-order valence-corrected chi connectivity index (χ3v) is 6.33. The molecule has 1 amide bonds. The second-order valence-corrected chi connectivity index (χ2v) is 9.35. The quantitative estimate of drug-likeness (QED) is 0.184. The normalized spacial score (nSPS) is 14.6. The van der Waals surface area contributed by atoms with Crippen molar-refractivity contribution in [2.45, 2.75) is 26.2 Å². The molecule has 3 aromatic rings. The van der Waals surface area contributed by atoms with Crippen molar-refractivity contribution in [1.82, 2.24) is 35.0 Å². The SMILES string of the molecule is Cc1nnn(Cc2cc(C(F)(F)F)ccc2/C=C/C(=O)N2CCN(Cc3ccc(OCCOCCF)cn3)CC2)n1. The zero-order valence-electron chi connectivity index (χ0n) is 22.6. The Kier molecular flexibility index (Phi) is 10.4. The van der Waals surface area contributed by atoms with Crippen molar-refractivity contribution in [3.8, 4) is 5.75 Å². The fraction of sp³-hybridized carbons (Fsp3) is 0.444. The van der Waals surface area contributed by atoms with Gasteiger partial charge in [-0.05, 0) is 53.6 Å². The molecular weight excluding hydrogens is 546 g/mol. The molecule has 1 aliphatic rings. The molecule has 41 heavy (non-hydrogen) atoms. The van der Waals surface area contributed by atoms with Crippen LogP contribution in [-0.4, -0.2) is 93.6 Å². The number of hydrogen-bond donors (Lipinski definition) is 0. The highest BCUT2D eigenvalue weighted by Crippen LogP contribution is 2.31. The number of alkyl halides is 4. The third kappa shape index (κ3) is 9.05. The molecule has 10 nitrogen and oxygen atoms in total. The van der Waals surface area contributed by atoms with Gasteiger partial charge < -0.3 is 14.4 Å². The first-order chi connectivity index (χ1) is 19.7. The number of nitrogens with zero attached hydrogens (tertiary/aromatic N) is 7. The Labute approximate surface area is 234 Å². The van der Waals surface area contributed by atoms with Gasteiger partial charge in [-0.15, -0.1) is 10.2 Å². The van der Waals surface area contributed by atoms with Gasteiger partial charge in [0.1, 0.15) is 19.0 Å². The molecule has 14 heteroatoms. The number of benzene rings is 1. The number of carbonyl (C=O) groups excluding carboxylic acids is 1. The zero-order chi connectivity index (χ0) is 29.2. The van der Waals surface area contributed by atoms with Crippen LogP contribution in [0.3, 0.4) is 0 Å². The van der Waals surface area contributed by atoms with Crippen LogP contribution < -0.4 is 4.74 Å². The van der Waals surface area contributed by atoms with E-state index in [2.05, 4.69) is 25.3 Å². The van der Waals surface area contributed by atoms with Crippen molar-refractivity contribution in [2.75, 3.05) is 52.7 Å². The van der Waals surface area contributed by atoms with Gasteiger partial charge in [0.25, 0.3) is 0 Å². The maximum absolute atomic E-state index is 13.3. The summed E-state index contributed by atoms with van der Waals surface area (Å²) in [5.74, 6) is 0.780. The fourth-order valence-electron chi connectivity index (χ4n) is 4.21. The summed E-state index contributed by atoms with van der Waals surface area (Å²) in [4.78, 5) is 22.4. The average Bonchev–Trinajstić information content (AvgIpc) is 3.37. The molecule has 220 valence electrons. The topological polar surface area (TPSA) is 98.5 Å². The highest BCUT2D eigenvalue weighted by Gasteiger charge is 2.31. The third-order valence-electron chi connectivity index (χ3n) is 6.33. The molecule has 0 radical (unpaired) electrons. The van der Waals surface area contributed by atoms with Gasteiger partial charge in [-0.3, -0.25) is 14.7 Å². The van der Waals surface area contributed by atoms with Crippen LogP contribution in [0.1, 0.15) is 28.2 Å². The number of hydrogen-bond acceptors (Lipinski definition) is 8. The molecule has 0 N–H and O–H groups in total. The minimum absolute atomic E-state index is 0.0205. The highest BCUT2D eigenvalue weighted by atomic mass is 19.4. The summed E-state index contributed by atoms with van der Waals surface area (Å²) >= 11 is 0. The van der Waals surface area contributed by atoms with E-state index in [1.165, 1.54) is 23.0 Å². The highest BCUT2D eigenvalue weighted by molar-refractivity contribution is 5.92. The number of carbonyl (C=O) groups is 1. The van der Waals surface area contributed by atoms with Crippen LogP contribution in [0.25, 0.3) is 6.08 Å². The fourth-order valence-corrected chi connectivity index (χ4v) is 4.21. The molecule has 0 unspecified atom stereocenters. The first-order valence-corrected chi connectivity index (χ1v) is 13.1. The maximum atomic E-state index is 13.3. The van der Waals surface area contributed by atoms with Crippen molar-refractivity contribution in [2.24, 2.45) is 0 Å². The Morgan fingerprint density at radius 1 is 1.05 bits per heavy atom. The zero-order valence-corrected chi connectivity index (χ0v) is 22.6. The monoisotopic (exact) mass is 577 g/mol. The minimum atomic E-state index is -4.50. The number of amides is 1. The van der Waals surface area contributed by atoms with Crippen LogP contribution in [0.2, 0.25) is 0 Å². The lowest BCUT2D eigenvalue weighted by atomic mass is 10.0. The van der Waals surface area contributed by atoms with Gasteiger partial charge in [-0.1, -0.05) is 6.07 Å². The van der Waals surface area contributed by atoms with E-state index in [9.17, 15) is 22.4 Å². The molecule has 0 saturated carbocycles. The van der Waals surface area contributed by atoms with Crippen LogP contribution in [0.5, 0.6) is 5.75 Å². The first kappa shape index (κ1) is 30.1. The largest absolute Gasteiger partial charge is 0.490 e. The van der Waals surface area contributed by atoms with Gasteiger partial charge in [0.2, 0.25) is 5.91 Å². The standard InChI is InChI=1S/C27H31F4N7O3/c1-20-33-35-38(34-20)18-22-16-23(27(29,30)31)4-2-21(22)3-7-26(39)37-11-9-36(10-12-37)19-24-5-6-25(17-32-24)41-15-14-40-13-8-28/h2-7,16-17H,8-15,18-19H2,1H3/b7-3+. The van der Waals surface area contributed by atoms with Gasteiger partial charge in [-0.25, -0.2) is 4.39 Å². The second kappa shape index (κ2) is 14.1. The van der Waals surface area contributed by atoms with Gasteiger partial charge in [0, 0.05) is 38.8 Å². The molecule has 1 aromatic carbocycles. The molecule has 0 bridgehead atoms. The molecule has 1 aliphatic heterocycles. The van der Waals surface area contributed by atoms with Crippen molar-refractivity contribution < 1.29 is 31.8 Å². The molecule has 0 aliphatic carbocycles. The predicted octanol–water partition coefficient (Wildman–Crippen LogP) is 3.17. The van der Waals surface area contributed by atoms with E-state index in [1.54, 1.807) is 18.0 Å². The second-order valence-electron chi connectivity index (χ2n) is 9.35. The summed E-state index contributed by atoms with van der Waals surface area (Å²) < 4.78 is 62.5. The number of ether oxygens (including phenoxy) is 2. The van der Waals surface area contributed by atoms with E-state index in [0.717, 1.165) is 17.8 Å². The molecule has 0 atom stereocenters. The van der Waals surface area contributed by atoms with Crippen molar-refractivity contribution in [3.63, 3.8) is 0 Å². The lowest BCUT2D eigenvalue weighted by Gasteiger charge is -2.34. The summed E-state index contributed by atoms with van der Waals surface area (Å²) in [6.07, 6.45) is 0.0282.